The van der Waals surface area contributed by atoms with Gasteiger partial charge in [-0.15, -0.1) is 0 Å². The highest BCUT2D eigenvalue weighted by atomic mass is 16.6. The predicted molar refractivity (Wildman–Crippen MR) is 107 cm³/mol. The number of alkyl carbamates (subject to hydrolysis) is 1. The lowest BCUT2D eigenvalue weighted by atomic mass is 9.85. The third-order valence-corrected chi connectivity index (χ3v) is 4.15. The molecule has 0 radical (unpaired) electrons. The summed E-state index contributed by atoms with van der Waals surface area (Å²) in [5.41, 5.74) is 0.494. The second kappa shape index (κ2) is 9.01. The van der Waals surface area contributed by atoms with Crippen LogP contribution >= 0.6 is 0 Å². The van der Waals surface area contributed by atoms with Gasteiger partial charge in [0.05, 0.1) is 12.0 Å². The van der Waals surface area contributed by atoms with E-state index in [4.69, 9.17) is 9.47 Å². The number of nitrogens with one attached hydrogen (secondary N) is 2. The van der Waals surface area contributed by atoms with Gasteiger partial charge in [-0.1, -0.05) is 20.8 Å². The molecule has 0 saturated carbocycles. The fourth-order valence-corrected chi connectivity index (χ4v) is 2.87. The molecule has 1 aliphatic heterocycles. The lowest BCUT2D eigenvalue weighted by molar-refractivity contribution is -0.144. The van der Waals surface area contributed by atoms with Gasteiger partial charge in [-0.2, -0.15) is 5.01 Å². The number of ketones is 1. The first-order chi connectivity index (χ1) is 13.4. The van der Waals surface area contributed by atoms with Gasteiger partial charge in [0.25, 0.3) is 11.8 Å². The minimum absolute atomic E-state index is 0.368. The Labute approximate surface area is 177 Å². The van der Waals surface area contributed by atoms with E-state index in [1.807, 2.05) is 0 Å². The van der Waals surface area contributed by atoms with Crippen molar-refractivity contribution in [1.82, 2.24) is 15.8 Å². The Morgan fingerprint density at radius 2 is 1.37 bits per heavy atom. The van der Waals surface area contributed by atoms with Crippen LogP contribution < -0.4 is 10.7 Å². The highest BCUT2D eigenvalue weighted by Gasteiger charge is 2.52. The molecule has 2 N–H and O–H groups in total. The van der Waals surface area contributed by atoms with Gasteiger partial charge in [-0.3, -0.25) is 14.4 Å². The van der Waals surface area contributed by atoms with Crippen molar-refractivity contribution in [2.75, 3.05) is 0 Å². The molecule has 1 aliphatic rings. The number of imide groups is 1. The van der Waals surface area contributed by atoms with E-state index in [1.165, 1.54) is 6.92 Å². The van der Waals surface area contributed by atoms with Gasteiger partial charge >= 0.3 is 12.2 Å². The molecule has 10 heteroatoms. The van der Waals surface area contributed by atoms with E-state index in [2.05, 4.69) is 10.7 Å². The summed E-state index contributed by atoms with van der Waals surface area (Å²) < 4.78 is 10.2. The van der Waals surface area contributed by atoms with Crippen molar-refractivity contribution in [2.24, 2.45) is 17.8 Å². The Hall–Kier alpha value is -2.65. The molecule has 0 bridgehead atoms. The molecule has 0 aliphatic carbocycles. The zero-order valence-electron chi connectivity index (χ0n) is 19.1. The fraction of sp³-hybridized carbons (Fsp3) is 0.750. The summed E-state index contributed by atoms with van der Waals surface area (Å²) in [5.74, 6) is -4.97. The number of Topliss-reactive ketones (excluding diaryl/α,β-unsaturated/α-hetero) is 1. The van der Waals surface area contributed by atoms with Crippen LogP contribution in [0.2, 0.25) is 0 Å². The number of hydrazine groups is 1. The van der Waals surface area contributed by atoms with Gasteiger partial charge in [-0.05, 0) is 47.5 Å². The lowest BCUT2D eigenvalue weighted by Gasteiger charge is -2.26. The summed E-state index contributed by atoms with van der Waals surface area (Å²) in [6.07, 6.45) is -1.79. The molecule has 0 aromatic heterocycles. The van der Waals surface area contributed by atoms with E-state index in [0.717, 1.165) is 0 Å². The maximum atomic E-state index is 13.1. The molecular weight excluding hydrogens is 394 g/mol. The van der Waals surface area contributed by atoms with Gasteiger partial charge < -0.3 is 14.8 Å². The molecule has 1 fully saturated rings. The van der Waals surface area contributed by atoms with Crippen LogP contribution in [-0.4, -0.2) is 52.0 Å². The van der Waals surface area contributed by atoms with Gasteiger partial charge in [0.15, 0.2) is 5.78 Å². The molecule has 1 rings (SSSR count). The van der Waals surface area contributed by atoms with E-state index in [0.29, 0.717) is 5.01 Å². The summed E-state index contributed by atoms with van der Waals surface area (Å²) in [5, 5.41) is 2.99. The van der Waals surface area contributed by atoms with E-state index in [9.17, 15) is 24.0 Å². The number of carbonyl (C=O) groups excluding carboxylic acids is 5. The number of carbonyl (C=O) groups is 5. The highest BCUT2D eigenvalue weighted by Crippen LogP contribution is 2.28. The maximum Gasteiger partial charge on any atom is 0.427 e. The summed E-state index contributed by atoms with van der Waals surface area (Å²) >= 11 is 0. The second-order valence-corrected chi connectivity index (χ2v) is 9.66. The molecule has 1 heterocycles. The van der Waals surface area contributed by atoms with Crippen LogP contribution in [0.25, 0.3) is 0 Å². The second-order valence-electron chi connectivity index (χ2n) is 9.66. The third-order valence-electron chi connectivity index (χ3n) is 4.15. The topological polar surface area (TPSA) is 131 Å². The molecule has 0 spiro atoms. The number of ether oxygens (including phenoxy) is 2. The standard InChI is InChI=1S/C20H33N3O7/c1-10(2)13(21-17(27)29-19(4,5)6)14(24)12-11(3)15(25)23(16(12)26)22-18(28)30-20(7,8)9/h10-13H,1-9H3,(H,21,27)(H,22,28)/t11-,12+,13-/m0/s1. The van der Waals surface area contributed by atoms with Crippen molar-refractivity contribution in [3.8, 4) is 0 Å². The molecule has 4 amide bonds. The smallest absolute Gasteiger partial charge is 0.427 e. The van der Waals surface area contributed by atoms with Crippen molar-refractivity contribution in [1.29, 1.82) is 0 Å². The van der Waals surface area contributed by atoms with E-state index >= 15 is 0 Å². The van der Waals surface area contributed by atoms with Crippen LogP contribution in [0.5, 0.6) is 0 Å². The van der Waals surface area contributed by atoms with Crippen molar-refractivity contribution in [2.45, 2.75) is 79.6 Å². The number of nitrogens with zero attached hydrogens (tertiary/aromatic N) is 1. The fourth-order valence-electron chi connectivity index (χ4n) is 2.87. The van der Waals surface area contributed by atoms with Crippen molar-refractivity contribution >= 4 is 29.8 Å². The Morgan fingerprint density at radius 1 is 0.900 bits per heavy atom. The third kappa shape index (κ3) is 6.70. The first-order valence-electron chi connectivity index (χ1n) is 9.85. The molecule has 3 atom stereocenters. The van der Waals surface area contributed by atoms with Crippen LogP contribution in [0.4, 0.5) is 9.59 Å². The Balaban J connectivity index is 3.00. The van der Waals surface area contributed by atoms with Crippen molar-refractivity contribution < 1.29 is 33.4 Å². The lowest BCUT2D eigenvalue weighted by Crippen LogP contribution is -2.51. The van der Waals surface area contributed by atoms with Crippen molar-refractivity contribution in [3.05, 3.63) is 0 Å². The average molecular weight is 427 g/mol. The number of hydrogen-bond donors (Lipinski definition) is 2. The molecule has 0 unspecified atom stereocenters. The molecular formula is C20H33N3O7. The number of hydrogen-bond acceptors (Lipinski definition) is 7. The normalized spacial score (nSPS) is 20.8. The first-order valence-corrected chi connectivity index (χ1v) is 9.85. The number of amides is 4. The largest absolute Gasteiger partial charge is 0.444 e. The van der Waals surface area contributed by atoms with E-state index in [1.54, 1.807) is 55.4 Å². The number of rotatable bonds is 5. The molecule has 10 nitrogen and oxygen atoms in total. The molecule has 170 valence electrons. The van der Waals surface area contributed by atoms with Gasteiger partial charge in [-0.25, -0.2) is 15.0 Å². The predicted octanol–water partition coefficient (Wildman–Crippen LogP) is 2.17. The molecule has 0 aromatic rings. The first kappa shape index (κ1) is 25.4. The van der Waals surface area contributed by atoms with Gasteiger partial charge in [0.1, 0.15) is 17.1 Å². The van der Waals surface area contributed by atoms with Crippen LogP contribution in [-0.2, 0) is 23.9 Å². The van der Waals surface area contributed by atoms with Crippen LogP contribution in [0.15, 0.2) is 0 Å². The van der Waals surface area contributed by atoms with Crippen LogP contribution in [0.1, 0.15) is 62.3 Å². The van der Waals surface area contributed by atoms with Crippen molar-refractivity contribution in [3.63, 3.8) is 0 Å². The Bertz CT molecular complexity index is 719. The highest BCUT2D eigenvalue weighted by molar-refractivity contribution is 6.16. The quantitative estimate of drug-likeness (QED) is 0.508. The molecule has 0 aromatic carbocycles. The molecule has 30 heavy (non-hydrogen) atoms. The Kier molecular flexibility index (Phi) is 7.63. The zero-order chi connectivity index (χ0) is 23.6. The van der Waals surface area contributed by atoms with E-state index in [-0.39, 0.29) is 5.92 Å². The minimum atomic E-state index is -1.35. The monoisotopic (exact) mass is 427 g/mol. The zero-order valence-corrected chi connectivity index (χ0v) is 19.1. The minimum Gasteiger partial charge on any atom is -0.444 e. The van der Waals surface area contributed by atoms with Gasteiger partial charge in [0.2, 0.25) is 0 Å². The average Bonchev–Trinajstić information content (AvgIpc) is 2.72. The van der Waals surface area contributed by atoms with Gasteiger partial charge in [0, 0.05) is 0 Å². The van der Waals surface area contributed by atoms with Crippen LogP contribution in [0, 0.1) is 17.8 Å². The molecule has 1 saturated heterocycles. The Morgan fingerprint density at radius 3 is 1.80 bits per heavy atom. The summed E-state index contributed by atoms with van der Waals surface area (Å²) in [7, 11) is 0. The van der Waals surface area contributed by atoms with E-state index < -0.39 is 58.9 Å². The maximum absolute atomic E-state index is 13.1. The van der Waals surface area contributed by atoms with Crippen LogP contribution in [0.3, 0.4) is 0 Å². The summed E-state index contributed by atoms with van der Waals surface area (Å²) in [6.45, 7) is 14.7. The summed E-state index contributed by atoms with van der Waals surface area (Å²) in [4.78, 5) is 62.5. The summed E-state index contributed by atoms with van der Waals surface area (Å²) in [6, 6.07) is -1.05. The SMILES string of the molecule is CC(C)[C@H](NC(=O)OC(C)(C)C)C(=O)[C@@H]1C(=O)N(NC(=O)OC(C)(C)C)C(=O)[C@H]1C.